The standard InChI is InChI=1S/C21H28N4O3/c1-2-4-16-11-22-9-10-24(16)12-14-5-3-6-15-13-25(21(28)19(14)15)17-7-8-18(26)23-20(17)27/h3,5-6,16-17,22H,2,4,7-13H2,1H3,(H,23,26,27). The van der Waals surface area contributed by atoms with Crippen LogP contribution in [-0.4, -0.2) is 59.2 Å². The second-order valence-electron chi connectivity index (χ2n) is 7.97. The monoisotopic (exact) mass is 384 g/mol. The third kappa shape index (κ3) is 3.56. The van der Waals surface area contributed by atoms with E-state index in [1.54, 1.807) is 4.90 Å². The zero-order valence-electron chi connectivity index (χ0n) is 16.4. The van der Waals surface area contributed by atoms with Gasteiger partial charge in [-0.25, -0.2) is 0 Å². The average molecular weight is 384 g/mol. The minimum absolute atomic E-state index is 0.0812. The van der Waals surface area contributed by atoms with Crippen LogP contribution in [0.25, 0.3) is 0 Å². The maximum atomic E-state index is 13.2. The van der Waals surface area contributed by atoms with Gasteiger partial charge >= 0.3 is 0 Å². The predicted octanol–water partition coefficient (Wildman–Crippen LogP) is 1.02. The summed E-state index contributed by atoms with van der Waals surface area (Å²) >= 11 is 0. The van der Waals surface area contributed by atoms with E-state index in [1.807, 2.05) is 18.2 Å². The molecule has 7 nitrogen and oxygen atoms in total. The van der Waals surface area contributed by atoms with E-state index >= 15 is 0 Å². The van der Waals surface area contributed by atoms with Crippen LogP contribution in [0.4, 0.5) is 0 Å². The van der Waals surface area contributed by atoms with Crippen molar-refractivity contribution in [3.63, 3.8) is 0 Å². The molecular weight excluding hydrogens is 356 g/mol. The molecule has 2 atom stereocenters. The summed E-state index contributed by atoms with van der Waals surface area (Å²) in [6.45, 7) is 6.32. The van der Waals surface area contributed by atoms with E-state index in [4.69, 9.17) is 0 Å². The van der Waals surface area contributed by atoms with Gasteiger partial charge in [0, 0.05) is 50.7 Å². The second-order valence-corrected chi connectivity index (χ2v) is 7.97. The van der Waals surface area contributed by atoms with E-state index in [1.165, 1.54) is 0 Å². The van der Waals surface area contributed by atoms with E-state index in [-0.39, 0.29) is 24.1 Å². The molecule has 2 saturated heterocycles. The van der Waals surface area contributed by atoms with Crippen LogP contribution >= 0.6 is 0 Å². The Morgan fingerprint density at radius 3 is 2.86 bits per heavy atom. The van der Waals surface area contributed by atoms with Gasteiger partial charge in [0.2, 0.25) is 11.8 Å². The van der Waals surface area contributed by atoms with E-state index in [9.17, 15) is 14.4 Å². The largest absolute Gasteiger partial charge is 0.322 e. The lowest BCUT2D eigenvalue weighted by Gasteiger charge is -2.36. The van der Waals surface area contributed by atoms with Gasteiger partial charge in [-0.3, -0.25) is 24.6 Å². The Balaban J connectivity index is 1.55. The van der Waals surface area contributed by atoms with Crippen molar-refractivity contribution >= 4 is 17.7 Å². The van der Waals surface area contributed by atoms with Crippen LogP contribution < -0.4 is 10.6 Å². The summed E-state index contributed by atoms with van der Waals surface area (Å²) in [5, 5.41) is 5.83. The number of benzene rings is 1. The molecule has 28 heavy (non-hydrogen) atoms. The van der Waals surface area contributed by atoms with Crippen molar-refractivity contribution in [2.75, 3.05) is 19.6 Å². The van der Waals surface area contributed by atoms with Gasteiger partial charge in [-0.15, -0.1) is 0 Å². The third-order valence-electron chi connectivity index (χ3n) is 6.11. The van der Waals surface area contributed by atoms with Gasteiger partial charge in [0.05, 0.1) is 0 Å². The highest BCUT2D eigenvalue weighted by Crippen LogP contribution is 2.31. The average Bonchev–Trinajstić information content (AvgIpc) is 3.01. The van der Waals surface area contributed by atoms with Gasteiger partial charge < -0.3 is 10.2 Å². The number of hydrogen-bond acceptors (Lipinski definition) is 5. The van der Waals surface area contributed by atoms with Crippen LogP contribution in [0.3, 0.4) is 0 Å². The van der Waals surface area contributed by atoms with Crippen LogP contribution in [0.1, 0.15) is 54.1 Å². The number of fused-ring (bicyclic) bond motifs is 1. The Morgan fingerprint density at radius 2 is 2.07 bits per heavy atom. The van der Waals surface area contributed by atoms with Gasteiger partial charge in [-0.1, -0.05) is 31.5 Å². The minimum Gasteiger partial charge on any atom is -0.322 e. The first kappa shape index (κ1) is 19.1. The Kier molecular flexibility index (Phi) is 5.46. The van der Waals surface area contributed by atoms with Gasteiger partial charge in [0.1, 0.15) is 6.04 Å². The first-order valence-electron chi connectivity index (χ1n) is 10.3. The fourth-order valence-corrected chi connectivity index (χ4v) is 4.67. The molecule has 0 saturated carbocycles. The number of amides is 3. The quantitative estimate of drug-likeness (QED) is 0.741. The van der Waals surface area contributed by atoms with Gasteiger partial charge in [-0.2, -0.15) is 0 Å². The van der Waals surface area contributed by atoms with Crippen molar-refractivity contribution in [3.8, 4) is 0 Å². The smallest absolute Gasteiger partial charge is 0.255 e. The molecule has 0 aromatic heterocycles. The summed E-state index contributed by atoms with van der Waals surface area (Å²) < 4.78 is 0. The predicted molar refractivity (Wildman–Crippen MR) is 104 cm³/mol. The van der Waals surface area contributed by atoms with Gasteiger partial charge in [0.15, 0.2) is 0 Å². The molecule has 0 bridgehead atoms. The highest BCUT2D eigenvalue weighted by molar-refractivity contribution is 6.05. The molecule has 2 fully saturated rings. The fraction of sp³-hybridized carbons (Fsp3) is 0.571. The number of piperidine rings is 1. The van der Waals surface area contributed by atoms with Crippen LogP contribution in [-0.2, 0) is 22.7 Å². The molecule has 0 radical (unpaired) electrons. The lowest BCUT2D eigenvalue weighted by Crippen LogP contribution is -2.52. The van der Waals surface area contributed by atoms with E-state index in [2.05, 4.69) is 22.5 Å². The molecule has 7 heteroatoms. The molecule has 3 aliphatic rings. The van der Waals surface area contributed by atoms with Crippen LogP contribution in [0.2, 0.25) is 0 Å². The molecule has 2 N–H and O–H groups in total. The van der Waals surface area contributed by atoms with Crippen molar-refractivity contribution in [1.82, 2.24) is 20.4 Å². The molecule has 3 heterocycles. The number of imide groups is 1. The zero-order chi connectivity index (χ0) is 19.7. The summed E-state index contributed by atoms with van der Waals surface area (Å²) in [7, 11) is 0. The van der Waals surface area contributed by atoms with Crippen molar-refractivity contribution in [2.24, 2.45) is 0 Å². The maximum Gasteiger partial charge on any atom is 0.255 e. The summed E-state index contributed by atoms with van der Waals surface area (Å²) in [6.07, 6.45) is 2.95. The number of carbonyl (C=O) groups is 3. The van der Waals surface area contributed by atoms with Crippen LogP contribution in [0.5, 0.6) is 0 Å². The van der Waals surface area contributed by atoms with Crippen molar-refractivity contribution < 1.29 is 14.4 Å². The molecule has 0 spiro atoms. The van der Waals surface area contributed by atoms with Crippen molar-refractivity contribution in [1.29, 1.82) is 0 Å². The Bertz CT molecular complexity index is 792. The Hall–Kier alpha value is -2.25. The normalized spacial score (nSPS) is 25.8. The molecule has 1 aromatic rings. The molecule has 2 unspecified atom stereocenters. The van der Waals surface area contributed by atoms with Crippen molar-refractivity contribution in [3.05, 3.63) is 34.9 Å². The van der Waals surface area contributed by atoms with E-state index < -0.39 is 6.04 Å². The van der Waals surface area contributed by atoms with Gasteiger partial charge in [-0.05, 0) is 24.0 Å². The Labute approximate surface area is 165 Å². The van der Waals surface area contributed by atoms with E-state index in [0.29, 0.717) is 19.0 Å². The first-order chi connectivity index (χ1) is 13.6. The zero-order valence-corrected chi connectivity index (χ0v) is 16.4. The number of rotatable bonds is 5. The molecule has 3 aliphatic heterocycles. The summed E-state index contributed by atoms with van der Waals surface area (Å²) in [6, 6.07) is 5.95. The number of nitrogens with zero attached hydrogens (tertiary/aromatic N) is 2. The summed E-state index contributed by atoms with van der Waals surface area (Å²) in [5.41, 5.74) is 2.77. The minimum atomic E-state index is -0.558. The SMILES string of the molecule is CCCC1CNCCN1Cc1cccc2c1C(=O)N(C1CCC(=O)NC1=O)C2. The highest BCUT2D eigenvalue weighted by Gasteiger charge is 2.40. The number of nitrogens with one attached hydrogen (secondary N) is 2. The molecular formula is C21H28N4O3. The lowest BCUT2D eigenvalue weighted by atomic mass is 10.0. The third-order valence-corrected chi connectivity index (χ3v) is 6.11. The topological polar surface area (TPSA) is 81.8 Å². The Morgan fingerprint density at radius 1 is 1.21 bits per heavy atom. The number of hydrogen-bond donors (Lipinski definition) is 2. The van der Waals surface area contributed by atoms with Crippen LogP contribution in [0.15, 0.2) is 18.2 Å². The second kappa shape index (κ2) is 8.01. The number of piperazine rings is 1. The molecule has 4 rings (SSSR count). The lowest BCUT2D eigenvalue weighted by molar-refractivity contribution is -0.136. The maximum absolute atomic E-state index is 13.2. The van der Waals surface area contributed by atoms with Gasteiger partial charge in [0.25, 0.3) is 5.91 Å². The molecule has 0 aliphatic carbocycles. The van der Waals surface area contributed by atoms with Crippen LogP contribution in [0, 0.1) is 0 Å². The summed E-state index contributed by atoms with van der Waals surface area (Å²) in [4.78, 5) is 41.0. The highest BCUT2D eigenvalue weighted by atomic mass is 16.2. The van der Waals surface area contributed by atoms with E-state index in [0.717, 1.165) is 55.7 Å². The summed E-state index contributed by atoms with van der Waals surface area (Å²) in [5.74, 6) is -0.696. The molecule has 3 amide bonds. The first-order valence-corrected chi connectivity index (χ1v) is 10.3. The fourth-order valence-electron chi connectivity index (χ4n) is 4.67. The number of carbonyl (C=O) groups excluding carboxylic acids is 3. The van der Waals surface area contributed by atoms with Crippen molar-refractivity contribution in [2.45, 2.75) is 57.8 Å². The molecule has 1 aromatic carbocycles. The molecule has 150 valence electrons.